The van der Waals surface area contributed by atoms with Crippen LogP contribution >= 0.6 is 11.3 Å². The van der Waals surface area contributed by atoms with E-state index < -0.39 is 6.09 Å². The summed E-state index contributed by atoms with van der Waals surface area (Å²) in [6.07, 6.45) is 3.75. The highest BCUT2D eigenvalue weighted by Crippen LogP contribution is 2.22. The first-order chi connectivity index (χ1) is 12.2. The molecule has 7 heteroatoms. The molecule has 1 aromatic heterocycles. The van der Waals surface area contributed by atoms with Gasteiger partial charge in [-0.3, -0.25) is 5.32 Å². The number of carbonyl (C=O) groups is 1. The average Bonchev–Trinajstić information content (AvgIpc) is 3.28. The summed E-state index contributed by atoms with van der Waals surface area (Å²) < 4.78 is 5.35. The number of thiazole rings is 1. The predicted molar refractivity (Wildman–Crippen MR) is 97.9 cm³/mol. The van der Waals surface area contributed by atoms with Crippen molar-refractivity contribution in [3.8, 4) is 0 Å². The number of hydrogen-bond donors (Lipinski definition) is 1. The summed E-state index contributed by atoms with van der Waals surface area (Å²) >= 11 is 1.34. The van der Waals surface area contributed by atoms with Crippen LogP contribution in [0, 0.1) is 0 Å². The zero-order valence-electron chi connectivity index (χ0n) is 14.1. The number of nitrogens with zero attached hydrogens (tertiary/aromatic N) is 2. The lowest BCUT2D eigenvalue weighted by atomic mass is 10.1. The van der Waals surface area contributed by atoms with Gasteiger partial charge in [-0.05, 0) is 38.2 Å². The maximum atomic E-state index is 11.8. The Labute approximate surface area is 150 Å². The Hall–Kier alpha value is -2.41. The quantitative estimate of drug-likeness (QED) is 0.605. The van der Waals surface area contributed by atoms with Crippen LogP contribution in [0.5, 0.6) is 0 Å². The monoisotopic (exact) mass is 359 g/mol. The van der Waals surface area contributed by atoms with Crippen molar-refractivity contribution in [2.45, 2.75) is 45.3 Å². The van der Waals surface area contributed by atoms with Gasteiger partial charge in [-0.15, -0.1) is 11.3 Å². The first kappa shape index (κ1) is 17.4. The van der Waals surface area contributed by atoms with Gasteiger partial charge in [-0.2, -0.15) is 0 Å². The normalized spacial score (nSPS) is 15.2. The molecule has 0 atom stereocenters. The summed E-state index contributed by atoms with van der Waals surface area (Å²) in [5.74, 6) is 0. The number of amides is 1. The lowest BCUT2D eigenvalue weighted by Crippen LogP contribution is -2.20. The van der Waals surface area contributed by atoms with E-state index in [1.165, 1.54) is 11.3 Å². The number of rotatable bonds is 6. The van der Waals surface area contributed by atoms with Gasteiger partial charge in [0.05, 0.1) is 11.4 Å². The average molecular weight is 359 g/mol. The standard InChI is InChI=1S/C18H21N3O3S/c1-13(14-7-3-2-4-8-14)21-23-11-15-12-25-17(19-15)20-18(22)24-16-9-5-6-10-16/h2-4,7-8,12,16H,5-6,9-11H2,1H3,(H,19,20,22)/b21-13+. The fraction of sp³-hybridized carbons (Fsp3) is 0.389. The molecular weight excluding hydrogens is 338 g/mol. The molecule has 0 saturated heterocycles. The summed E-state index contributed by atoms with van der Waals surface area (Å²) in [4.78, 5) is 21.5. The maximum Gasteiger partial charge on any atom is 0.413 e. The largest absolute Gasteiger partial charge is 0.446 e. The lowest BCUT2D eigenvalue weighted by molar-refractivity contribution is 0.114. The smallest absolute Gasteiger partial charge is 0.413 e. The van der Waals surface area contributed by atoms with E-state index in [1.54, 1.807) is 0 Å². The van der Waals surface area contributed by atoms with Crippen molar-refractivity contribution in [2.24, 2.45) is 5.16 Å². The van der Waals surface area contributed by atoms with E-state index in [-0.39, 0.29) is 12.7 Å². The van der Waals surface area contributed by atoms with Gasteiger partial charge in [-0.1, -0.05) is 35.5 Å². The number of benzene rings is 1. The Morgan fingerprint density at radius 1 is 1.32 bits per heavy atom. The van der Waals surface area contributed by atoms with E-state index in [2.05, 4.69) is 15.5 Å². The number of oxime groups is 1. The van der Waals surface area contributed by atoms with Crippen LogP contribution in [0.15, 0.2) is 40.9 Å². The minimum Gasteiger partial charge on any atom is -0.446 e. The molecule has 1 N–H and O–H groups in total. The highest BCUT2D eigenvalue weighted by molar-refractivity contribution is 7.13. The van der Waals surface area contributed by atoms with Gasteiger partial charge in [0.25, 0.3) is 0 Å². The molecule has 1 aromatic carbocycles. The first-order valence-corrected chi connectivity index (χ1v) is 9.22. The third-order valence-electron chi connectivity index (χ3n) is 3.94. The Balaban J connectivity index is 1.46. The van der Waals surface area contributed by atoms with Crippen LogP contribution in [0.1, 0.15) is 43.9 Å². The highest BCUT2D eigenvalue weighted by atomic mass is 32.1. The summed E-state index contributed by atoms with van der Waals surface area (Å²) in [6, 6.07) is 9.82. The van der Waals surface area contributed by atoms with Gasteiger partial charge < -0.3 is 9.57 Å². The SMILES string of the molecule is C/C(=N\OCc1csc(NC(=O)OC2CCCC2)n1)c1ccccc1. The van der Waals surface area contributed by atoms with Gasteiger partial charge in [0.15, 0.2) is 11.7 Å². The van der Waals surface area contributed by atoms with E-state index in [4.69, 9.17) is 9.57 Å². The molecule has 1 aliphatic carbocycles. The lowest BCUT2D eigenvalue weighted by Gasteiger charge is -2.10. The van der Waals surface area contributed by atoms with Crippen LogP contribution in [0.2, 0.25) is 0 Å². The van der Waals surface area contributed by atoms with Crippen molar-refractivity contribution in [1.29, 1.82) is 0 Å². The van der Waals surface area contributed by atoms with Gasteiger partial charge >= 0.3 is 6.09 Å². The summed E-state index contributed by atoms with van der Waals surface area (Å²) in [6.45, 7) is 2.14. The Kier molecular flexibility index (Phi) is 6.00. The van der Waals surface area contributed by atoms with E-state index in [9.17, 15) is 4.79 Å². The Bertz CT molecular complexity index is 724. The highest BCUT2D eigenvalue weighted by Gasteiger charge is 2.19. The molecule has 0 unspecified atom stereocenters. The van der Waals surface area contributed by atoms with Crippen LogP contribution in [0.25, 0.3) is 0 Å². The van der Waals surface area contributed by atoms with E-state index >= 15 is 0 Å². The van der Waals surface area contributed by atoms with Gasteiger partial charge in [0.2, 0.25) is 0 Å². The third-order valence-corrected chi connectivity index (χ3v) is 4.75. The fourth-order valence-electron chi connectivity index (χ4n) is 2.63. The molecule has 0 spiro atoms. The number of aromatic nitrogens is 1. The molecule has 6 nitrogen and oxygen atoms in total. The van der Waals surface area contributed by atoms with Crippen LogP contribution in [-0.2, 0) is 16.2 Å². The van der Waals surface area contributed by atoms with Gasteiger partial charge in [-0.25, -0.2) is 9.78 Å². The number of ether oxygens (including phenoxy) is 1. The fourth-order valence-corrected chi connectivity index (χ4v) is 3.31. The van der Waals surface area contributed by atoms with Crippen LogP contribution in [0.3, 0.4) is 0 Å². The zero-order valence-corrected chi connectivity index (χ0v) is 14.9. The minimum absolute atomic E-state index is 0.0399. The number of nitrogens with one attached hydrogen (secondary N) is 1. The minimum atomic E-state index is -0.438. The second-order valence-electron chi connectivity index (χ2n) is 5.90. The van der Waals surface area contributed by atoms with E-state index in [1.807, 2.05) is 42.6 Å². The summed E-state index contributed by atoms with van der Waals surface area (Å²) in [7, 11) is 0. The second kappa shape index (κ2) is 8.62. The van der Waals surface area contributed by atoms with Crippen molar-refractivity contribution in [1.82, 2.24) is 4.98 Å². The Morgan fingerprint density at radius 2 is 2.08 bits per heavy atom. The molecule has 0 radical (unpaired) electrons. The topological polar surface area (TPSA) is 72.8 Å². The molecule has 1 aliphatic rings. The maximum absolute atomic E-state index is 11.8. The molecule has 3 rings (SSSR count). The van der Waals surface area contributed by atoms with E-state index in [0.717, 1.165) is 37.0 Å². The second-order valence-corrected chi connectivity index (χ2v) is 6.76. The van der Waals surface area contributed by atoms with Crippen LogP contribution in [-0.4, -0.2) is 22.9 Å². The molecule has 2 aromatic rings. The molecule has 1 amide bonds. The van der Waals surface area contributed by atoms with Gasteiger partial charge in [0.1, 0.15) is 6.10 Å². The molecule has 0 bridgehead atoms. The van der Waals surface area contributed by atoms with Crippen molar-refractivity contribution >= 4 is 28.3 Å². The van der Waals surface area contributed by atoms with Crippen molar-refractivity contribution < 1.29 is 14.4 Å². The van der Waals surface area contributed by atoms with Crippen LogP contribution in [0.4, 0.5) is 9.93 Å². The predicted octanol–water partition coefficient (Wildman–Crippen LogP) is 4.58. The number of hydrogen-bond acceptors (Lipinski definition) is 6. The van der Waals surface area contributed by atoms with Crippen molar-refractivity contribution in [2.75, 3.05) is 5.32 Å². The molecule has 1 saturated carbocycles. The molecule has 1 heterocycles. The molecule has 25 heavy (non-hydrogen) atoms. The van der Waals surface area contributed by atoms with Crippen molar-refractivity contribution in [3.63, 3.8) is 0 Å². The molecule has 0 aliphatic heterocycles. The molecule has 132 valence electrons. The van der Waals surface area contributed by atoms with Crippen molar-refractivity contribution in [3.05, 3.63) is 47.0 Å². The van der Waals surface area contributed by atoms with Crippen LogP contribution < -0.4 is 5.32 Å². The molecular formula is C18H21N3O3S. The summed E-state index contributed by atoms with van der Waals surface area (Å²) in [5.41, 5.74) is 2.53. The first-order valence-electron chi connectivity index (χ1n) is 8.35. The zero-order chi connectivity index (χ0) is 17.5. The third kappa shape index (κ3) is 5.29. The Morgan fingerprint density at radius 3 is 2.84 bits per heavy atom. The van der Waals surface area contributed by atoms with E-state index in [0.29, 0.717) is 10.8 Å². The number of carbonyl (C=O) groups excluding carboxylic acids is 1. The van der Waals surface area contributed by atoms with Gasteiger partial charge in [0, 0.05) is 5.38 Å². The molecule has 1 fully saturated rings. The summed E-state index contributed by atoms with van der Waals surface area (Å²) in [5, 5.41) is 9.10. The number of anilines is 1.